The summed E-state index contributed by atoms with van der Waals surface area (Å²) >= 11 is 0. The van der Waals surface area contributed by atoms with Crippen molar-refractivity contribution >= 4 is 0 Å². The van der Waals surface area contributed by atoms with Crippen LogP contribution in [0.25, 0.3) is 0 Å². The van der Waals surface area contributed by atoms with Crippen LogP contribution in [-0.2, 0) is 0 Å². The highest BCUT2D eigenvalue weighted by Gasteiger charge is 2.11. The zero-order chi connectivity index (χ0) is 12.1. The molecule has 1 unspecified atom stereocenters. The molecule has 4 heteroatoms. The van der Waals surface area contributed by atoms with Gasteiger partial charge in [0.1, 0.15) is 11.9 Å². The first-order valence-electron chi connectivity index (χ1n) is 5.15. The summed E-state index contributed by atoms with van der Waals surface area (Å²) in [5, 5.41) is 20.6. The smallest absolute Gasteiger partial charge is 0.141 e. The normalized spacial score (nSPS) is 14.2. The Morgan fingerprint density at radius 2 is 2.19 bits per heavy atom. The molecule has 16 heavy (non-hydrogen) atoms. The SMILES string of the molecule is CC(N[C@@H](C)CO)c1ccc(C#N)c(F)c1. The van der Waals surface area contributed by atoms with E-state index >= 15 is 0 Å². The van der Waals surface area contributed by atoms with Crippen molar-refractivity contribution in [1.82, 2.24) is 5.32 Å². The molecule has 1 aromatic carbocycles. The van der Waals surface area contributed by atoms with Gasteiger partial charge in [0.25, 0.3) is 0 Å². The fourth-order valence-electron chi connectivity index (χ4n) is 1.47. The van der Waals surface area contributed by atoms with Gasteiger partial charge in [0.2, 0.25) is 0 Å². The van der Waals surface area contributed by atoms with Crippen molar-refractivity contribution in [1.29, 1.82) is 5.26 Å². The summed E-state index contributed by atoms with van der Waals surface area (Å²) in [6, 6.07) is 6.19. The number of aliphatic hydroxyl groups excluding tert-OH is 1. The van der Waals surface area contributed by atoms with Crippen LogP contribution in [0, 0.1) is 17.1 Å². The van der Waals surface area contributed by atoms with Crippen LogP contribution < -0.4 is 5.32 Å². The molecule has 1 aromatic rings. The third-order valence-corrected chi connectivity index (χ3v) is 2.42. The fourth-order valence-corrected chi connectivity index (χ4v) is 1.47. The minimum absolute atomic E-state index is 0.0309. The van der Waals surface area contributed by atoms with Crippen LogP contribution >= 0.6 is 0 Å². The second-order valence-electron chi connectivity index (χ2n) is 3.82. The lowest BCUT2D eigenvalue weighted by atomic mass is 10.1. The molecule has 0 heterocycles. The first-order chi connectivity index (χ1) is 7.58. The average Bonchev–Trinajstić information content (AvgIpc) is 2.28. The van der Waals surface area contributed by atoms with Crippen molar-refractivity contribution in [3.63, 3.8) is 0 Å². The van der Waals surface area contributed by atoms with Crippen molar-refractivity contribution in [2.24, 2.45) is 0 Å². The van der Waals surface area contributed by atoms with Crippen molar-refractivity contribution in [2.75, 3.05) is 6.61 Å². The predicted octanol–water partition coefficient (Wildman–Crippen LogP) is 1.73. The van der Waals surface area contributed by atoms with Crippen LogP contribution in [0.4, 0.5) is 4.39 Å². The van der Waals surface area contributed by atoms with Gasteiger partial charge in [-0.25, -0.2) is 4.39 Å². The molecule has 0 fully saturated rings. The predicted molar refractivity (Wildman–Crippen MR) is 59.2 cm³/mol. The lowest BCUT2D eigenvalue weighted by Gasteiger charge is -2.18. The zero-order valence-corrected chi connectivity index (χ0v) is 9.37. The molecule has 3 nitrogen and oxygen atoms in total. The second kappa shape index (κ2) is 5.59. The number of benzene rings is 1. The van der Waals surface area contributed by atoms with Gasteiger partial charge in [0, 0.05) is 12.1 Å². The quantitative estimate of drug-likeness (QED) is 0.815. The Bertz CT molecular complexity index is 400. The number of nitriles is 1. The van der Waals surface area contributed by atoms with Crippen LogP contribution in [0.2, 0.25) is 0 Å². The third-order valence-electron chi connectivity index (χ3n) is 2.42. The van der Waals surface area contributed by atoms with Gasteiger partial charge in [-0.15, -0.1) is 0 Å². The van der Waals surface area contributed by atoms with E-state index in [1.807, 2.05) is 13.8 Å². The Labute approximate surface area is 94.5 Å². The number of rotatable bonds is 4. The van der Waals surface area contributed by atoms with E-state index < -0.39 is 5.82 Å². The number of aliphatic hydroxyl groups is 1. The highest BCUT2D eigenvalue weighted by Crippen LogP contribution is 2.16. The standard InChI is InChI=1S/C12H15FN2O/c1-8(7-16)15-9(2)10-3-4-11(6-14)12(13)5-10/h3-5,8-9,15-16H,7H2,1-2H3/t8-,9?/m0/s1. The number of hydrogen-bond acceptors (Lipinski definition) is 3. The van der Waals surface area contributed by atoms with E-state index in [2.05, 4.69) is 5.32 Å². The molecule has 0 aliphatic carbocycles. The highest BCUT2D eigenvalue weighted by molar-refractivity contribution is 5.34. The lowest BCUT2D eigenvalue weighted by molar-refractivity contribution is 0.243. The number of nitrogens with zero attached hydrogens (tertiary/aromatic N) is 1. The van der Waals surface area contributed by atoms with E-state index in [1.54, 1.807) is 12.1 Å². The minimum Gasteiger partial charge on any atom is -0.395 e. The van der Waals surface area contributed by atoms with Gasteiger partial charge >= 0.3 is 0 Å². The lowest BCUT2D eigenvalue weighted by Crippen LogP contribution is -2.31. The van der Waals surface area contributed by atoms with Crippen LogP contribution in [-0.4, -0.2) is 17.8 Å². The maximum Gasteiger partial charge on any atom is 0.141 e. The van der Waals surface area contributed by atoms with Gasteiger partial charge in [0.05, 0.1) is 12.2 Å². The van der Waals surface area contributed by atoms with Crippen molar-refractivity contribution in [3.05, 3.63) is 35.1 Å². The fraction of sp³-hybridized carbons (Fsp3) is 0.417. The first kappa shape index (κ1) is 12.6. The monoisotopic (exact) mass is 222 g/mol. The molecule has 0 aromatic heterocycles. The van der Waals surface area contributed by atoms with Gasteiger partial charge in [-0.3, -0.25) is 0 Å². The molecule has 0 bridgehead atoms. The Morgan fingerprint density at radius 3 is 2.69 bits per heavy atom. The van der Waals surface area contributed by atoms with Crippen LogP contribution in [0.3, 0.4) is 0 Å². The molecule has 0 amide bonds. The molecular weight excluding hydrogens is 207 g/mol. The average molecular weight is 222 g/mol. The first-order valence-corrected chi connectivity index (χ1v) is 5.15. The second-order valence-corrected chi connectivity index (χ2v) is 3.82. The molecular formula is C12H15FN2O. The minimum atomic E-state index is -0.509. The Morgan fingerprint density at radius 1 is 1.50 bits per heavy atom. The van der Waals surface area contributed by atoms with Crippen molar-refractivity contribution < 1.29 is 9.50 Å². The maximum absolute atomic E-state index is 13.3. The summed E-state index contributed by atoms with van der Waals surface area (Å²) in [6.07, 6.45) is 0. The molecule has 0 saturated heterocycles. The van der Waals surface area contributed by atoms with Crippen LogP contribution in [0.5, 0.6) is 0 Å². The summed E-state index contributed by atoms with van der Waals surface area (Å²) in [7, 11) is 0. The molecule has 1 rings (SSSR count). The van der Waals surface area contributed by atoms with Crippen LogP contribution in [0.1, 0.15) is 31.0 Å². The van der Waals surface area contributed by atoms with Gasteiger partial charge in [-0.2, -0.15) is 5.26 Å². The molecule has 2 N–H and O–H groups in total. The molecule has 0 spiro atoms. The molecule has 0 saturated carbocycles. The molecule has 0 aliphatic rings. The zero-order valence-electron chi connectivity index (χ0n) is 9.37. The summed E-state index contributed by atoms with van der Waals surface area (Å²) in [5.74, 6) is -0.509. The number of hydrogen-bond donors (Lipinski definition) is 2. The molecule has 86 valence electrons. The Balaban J connectivity index is 2.81. The van der Waals surface area contributed by atoms with E-state index in [-0.39, 0.29) is 24.3 Å². The van der Waals surface area contributed by atoms with E-state index in [0.717, 1.165) is 5.56 Å². The molecule has 2 atom stereocenters. The molecule has 0 aliphatic heterocycles. The van der Waals surface area contributed by atoms with E-state index in [9.17, 15) is 4.39 Å². The summed E-state index contributed by atoms with van der Waals surface area (Å²) < 4.78 is 13.3. The van der Waals surface area contributed by atoms with Crippen LogP contribution in [0.15, 0.2) is 18.2 Å². The summed E-state index contributed by atoms with van der Waals surface area (Å²) in [4.78, 5) is 0. The van der Waals surface area contributed by atoms with Crippen molar-refractivity contribution in [2.45, 2.75) is 25.9 Å². The summed E-state index contributed by atoms with van der Waals surface area (Å²) in [5.41, 5.74) is 0.808. The Hall–Kier alpha value is -1.44. The van der Waals surface area contributed by atoms with Gasteiger partial charge in [-0.05, 0) is 31.5 Å². The highest BCUT2D eigenvalue weighted by atomic mass is 19.1. The third kappa shape index (κ3) is 3.02. The summed E-state index contributed by atoms with van der Waals surface area (Å²) in [6.45, 7) is 3.76. The van der Waals surface area contributed by atoms with E-state index in [0.29, 0.717) is 0 Å². The topological polar surface area (TPSA) is 56.0 Å². The van der Waals surface area contributed by atoms with Gasteiger partial charge in [-0.1, -0.05) is 6.07 Å². The van der Waals surface area contributed by atoms with E-state index in [4.69, 9.17) is 10.4 Å². The van der Waals surface area contributed by atoms with Gasteiger partial charge < -0.3 is 10.4 Å². The maximum atomic E-state index is 13.3. The van der Waals surface area contributed by atoms with Crippen molar-refractivity contribution in [3.8, 4) is 6.07 Å². The van der Waals surface area contributed by atoms with Gasteiger partial charge in [0.15, 0.2) is 0 Å². The van der Waals surface area contributed by atoms with E-state index in [1.165, 1.54) is 12.1 Å². The number of halogens is 1. The Kier molecular flexibility index (Phi) is 4.41. The largest absolute Gasteiger partial charge is 0.395 e. The molecule has 0 radical (unpaired) electrons. The number of nitrogens with one attached hydrogen (secondary N) is 1.